The van der Waals surface area contributed by atoms with Crippen LogP contribution in [0.1, 0.15) is 50.5 Å². The van der Waals surface area contributed by atoms with E-state index in [4.69, 9.17) is 25.8 Å². The van der Waals surface area contributed by atoms with Gasteiger partial charge in [0.2, 0.25) is 11.8 Å². The Balaban J connectivity index is 0.000000202. The number of hydrogen-bond acceptors (Lipinski definition) is 10. The number of nitrogens with one attached hydrogen (secondary N) is 1. The molecule has 0 saturated heterocycles. The molecule has 0 spiro atoms. The van der Waals surface area contributed by atoms with Crippen LogP contribution in [0.4, 0.5) is 5.69 Å². The predicted molar refractivity (Wildman–Crippen MR) is 177 cm³/mol. The zero-order valence-corrected chi connectivity index (χ0v) is 27.1. The summed E-state index contributed by atoms with van der Waals surface area (Å²) < 4.78 is 19.1. The van der Waals surface area contributed by atoms with Crippen LogP contribution >= 0.6 is 11.6 Å². The number of imidazole rings is 1. The molecule has 6 aromatic rings. The molecule has 0 radical (unpaired) electrons. The molecule has 242 valence electrons. The van der Waals surface area contributed by atoms with E-state index in [0.717, 1.165) is 16.5 Å². The van der Waals surface area contributed by atoms with Gasteiger partial charge in [-0.15, -0.1) is 0 Å². The molecule has 0 aliphatic rings. The number of aryl methyl sites for hydroxylation is 1. The third-order valence-corrected chi connectivity index (χ3v) is 6.91. The van der Waals surface area contributed by atoms with Crippen molar-refractivity contribution in [3.8, 4) is 17.5 Å². The zero-order valence-electron chi connectivity index (χ0n) is 26.3. The molecule has 47 heavy (non-hydrogen) atoms. The lowest BCUT2D eigenvalue weighted by Crippen LogP contribution is -2.15. The van der Waals surface area contributed by atoms with E-state index in [1.807, 2.05) is 39.1 Å². The van der Waals surface area contributed by atoms with E-state index in [-0.39, 0.29) is 18.1 Å². The van der Waals surface area contributed by atoms with Crippen molar-refractivity contribution in [1.82, 2.24) is 29.1 Å². The molecule has 0 saturated carbocycles. The second-order valence-corrected chi connectivity index (χ2v) is 9.76. The average molecular weight is 658 g/mol. The number of fused-ring (bicyclic) bond motifs is 2. The van der Waals surface area contributed by atoms with Crippen molar-refractivity contribution < 1.29 is 28.6 Å². The molecule has 14 heteroatoms. The third kappa shape index (κ3) is 7.89. The van der Waals surface area contributed by atoms with Crippen LogP contribution in [0, 0.1) is 0 Å². The number of benzene rings is 1. The Morgan fingerprint density at radius 1 is 0.936 bits per heavy atom. The fourth-order valence-electron chi connectivity index (χ4n) is 4.36. The molecule has 0 fully saturated rings. The van der Waals surface area contributed by atoms with Crippen molar-refractivity contribution in [2.75, 3.05) is 19.5 Å². The summed E-state index contributed by atoms with van der Waals surface area (Å²) in [6.07, 6.45) is 9.35. The molecule has 13 nitrogen and oxygen atoms in total. The highest BCUT2D eigenvalue weighted by atomic mass is 35.5. The number of amides is 1. The molecular weight excluding hydrogens is 626 g/mol. The highest BCUT2D eigenvalue weighted by Gasteiger charge is 2.14. The number of carbonyl (C=O) groups is 3. The molecule has 0 aliphatic carbocycles. The maximum absolute atomic E-state index is 12.4. The first-order valence-corrected chi connectivity index (χ1v) is 14.7. The second kappa shape index (κ2) is 16.0. The third-order valence-electron chi connectivity index (χ3n) is 6.63. The fourth-order valence-corrected chi connectivity index (χ4v) is 4.63. The number of methoxy groups -OCH3 is 2. The minimum atomic E-state index is -0.369. The van der Waals surface area contributed by atoms with Gasteiger partial charge in [0, 0.05) is 48.7 Å². The van der Waals surface area contributed by atoms with Crippen molar-refractivity contribution in [2.24, 2.45) is 7.05 Å². The van der Waals surface area contributed by atoms with Crippen LogP contribution in [-0.4, -0.2) is 61.8 Å². The Hall–Kier alpha value is -5.82. The van der Waals surface area contributed by atoms with Crippen LogP contribution in [0.15, 0.2) is 73.4 Å². The average Bonchev–Trinajstić information content (AvgIpc) is 3.71. The fraction of sp³-hybridized carbons (Fsp3) is 0.182. The van der Waals surface area contributed by atoms with E-state index in [0.29, 0.717) is 57.7 Å². The number of aromatic nitrogens is 6. The maximum atomic E-state index is 12.4. The lowest BCUT2D eigenvalue weighted by atomic mass is 10.2. The van der Waals surface area contributed by atoms with Gasteiger partial charge in [0.05, 0.1) is 48.9 Å². The number of nitrogens with zero attached hydrogens (tertiary/aromatic N) is 6. The monoisotopic (exact) mass is 657 g/mol. The van der Waals surface area contributed by atoms with E-state index < -0.39 is 0 Å². The van der Waals surface area contributed by atoms with Gasteiger partial charge in [-0.05, 0) is 29.8 Å². The van der Waals surface area contributed by atoms with Crippen molar-refractivity contribution in [3.05, 3.63) is 101 Å². The normalized spacial score (nSPS) is 10.3. The first kappa shape index (κ1) is 34.1. The molecule has 6 rings (SSSR count). The van der Waals surface area contributed by atoms with Crippen LogP contribution in [0.3, 0.4) is 0 Å². The summed E-state index contributed by atoms with van der Waals surface area (Å²) in [5, 5.41) is 8.14. The van der Waals surface area contributed by atoms with E-state index in [1.165, 1.54) is 38.7 Å². The van der Waals surface area contributed by atoms with Gasteiger partial charge >= 0.3 is 0 Å². The Bertz CT molecular complexity index is 2020. The van der Waals surface area contributed by atoms with Crippen molar-refractivity contribution in [1.29, 1.82) is 0 Å². The summed E-state index contributed by atoms with van der Waals surface area (Å²) in [5.74, 6) is 0.698. The Labute approximate surface area is 275 Å². The lowest BCUT2D eigenvalue weighted by Gasteiger charge is -2.09. The molecule has 1 amide bonds. The molecule has 0 bridgehead atoms. The van der Waals surface area contributed by atoms with Gasteiger partial charge in [-0.1, -0.05) is 31.5 Å². The summed E-state index contributed by atoms with van der Waals surface area (Å²) >= 11 is 6.11. The molecule has 5 aromatic heterocycles. The lowest BCUT2D eigenvalue weighted by molar-refractivity contribution is 0.102. The second-order valence-electron chi connectivity index (χ2n) is 9.40. The smallest absolute Gasteiger partial charge is 0.259 e. The van der Waals surface area contributed by atoms with E-state index in [2.05, 4.69) is 25.4 Å². The van der Waals surface area contributed by atoms with Gasteiger partial charge in [0.15, 0.2) is 17.7 Å². The van der Waals surface area contributed by atoms with Crippen molar-refractivity contribution in [2.45, 2.75) is 20.5 Å². The topological polar surface area (TPSA) is 152 Å². The van der Waals surface area contributed by atoms with Gasteiger partial charge < -0.3 is 23.9 Å². The Kier molecular flexibility index (Phi) is 11.6. The zero-order chi connectivity index (χ0) is 33.9. The van der Waals surface area contributed by atoms with E-state index >= 15 is 0 Å². The van der Waals surface area contributed by atoms with Crippen molar-refractivity contribution >= 4 is 52.3 Å². The molecule has 5 heterocycles. The minimum absolute atomic E-state index is 0.287. The summed E-state index contributed by atoms with van der Waals surface area (Å²) in [6, 6.07) is 12.2. The molecule has 1 aromatic carbocycles. The van der Waals surface area contributed by atoms with Crippen LogP contribution in [0.5, 0.6) is 17.5 Å². The quantitative estimate of drug-likeness (QED) is 0.187. The number of hydrogen-bond donors (Lipinski definition) is 1. The molecule has 0 atom stereocenters. The number of carbonyl (C=O) groups excluding carboxylic acids is 3. The SMILES string of the molecule is CC.COc1cc(C=O)c(NC(=O)c2cccn3ccnc23)cn1.COc1cc(C=O)c(OCc2ccc3c(c2)c(Cl)nn3C)cn1. The largest absolute Gasteiger partial charge is 0.487 e. The minimum Gasteiger partial charge on any atom is -0.487 e. The van der Waals surface area contributed by atoms with Crippen LogP contribution < -0.4 is 19.5 Å². The van der Waals surface area contributed by atoms with Crippen LogP contribution in [-0.2, 0) is 13.7 Å². The van der Waals surface area contributed by atoms with E-state index in [9.17, 15) is 14.4 Å². The number of rotatable bonds is 9. The summed E-state index contributed by atoms with van der Waals surface area (Å²) in [7, 11) is 4.78. The first-order valence-electron chi connectivity index (χ1n) is 14.3. The van der Waals surface area contributed by atoms with Gasteiger partial charge in [-0.25, -0.2) is 15.0 Å². The van der Waals surface area contributed by atoms with Gasteiger partial charge in [0.1, 0.15) is 18.0 Å². The van der Waals surface area contributed by atoms with Gasteiger partial charge in [-0.3, -0.25) is 19.1 Å². The molecule has 0 unspecified atom stereocenters. The number of pyridine rings is 3. The standard InChI is InChI=1S/C16H14ClN3O3.C15H12N4O3.C2H6/c1-20-13-4-3-10(5-12(13)16(17)19-20)9-23-14-7-18-15(22-2)6-11(14)8-21;1-22-13-7-10(9-20)12(8-17-13)18-15(21)11-3-2-5-19-6-4-16-14(11)19;1-2/h3-8H,9H2,1-2H3;2-9H,1H3,(H,18,21);1-2H3. The van der Waals surface area contributed by atoms with E-state index in [1.54, 1.807) is 39.8 Å². The first-order chi connectivity index (χ1) is 22.8. The highest BCUT2D eigenvalue weighted by molar-refractivity contribution is 6.34. The number of ether oxygens (including phenoxy) is 3. The molecule has 0 aliphatic heterocycles. The Morgan fingerprint density at radius 3 is 2.34 bits per heavy atom. The predicted octanol–water partition coefficient (Wildman–Crippen LogP) is 5.85. The molecule has 1 N–H and O–H groups in total. The Morgan fingerprint density at radius 2 is 1.64 bits per heavy atom. The molecular formula is C33H32ClN7O6. The number of halogens is 1. The van der Waals surface area contributed by atoms with Crippen LogP contribution in [0.2, 0.25) is 5.15 Å². The number of anilines is 1. The van der Waals surface area contributed by atoms with Gasteiger partial charge in [0.25, 0.3) is 5.91 Å². The summed E-state index contributed by atoms with van der Waals surface area (Å²) in [4.78, 5) is 46.9. The van der Waals surface area contributed by atoms with Crippen molar-refractivity contribution in [3.63, 3.8) is 0 Å². The van der Waals surface area contributed by atoms with Crippen LogP contribution in [0.25, 0.3) is 16.6 Å². The maximum Gasteiger partial charge on any atom is 0.259 e. The number of aldehydes is 2. The highest BCUT2D eigenvalue weighted by Crippen LogP contribution is 2.25. The summed E-state index contributed by atoms with van der Waals surface area (Å²) in [5.41, 5.74) is 3.79. The van der Waals surface area contributed by atoms with Gasteiger partial charge in [-0.2, -0.15) is 5.10 Å². The summed E-state index contributed by atoms with van der Waals surface area (Å²) in [6.45, 7) is 4.29.